The van der Waals surface area contributed by atoms with E-state index in [4.69, 9.17) is 22.1 Å². The molecule has 1 aliphatic carbocycles. The second-order valence-electron chi connectivity index (χ2n) is 6.79. The standard InChI is InChI=1S/C16H21ClN2O4/c1-15(2,3)23-14(22)19-11-5-4-9(17)8-10(11)16(6-7-16)12(18)13(20)21/h4-5,8,12H,6-7,18H2,1-3H3,(H,19,22)(H,20,21). The van der Waals surface area contributed by atoms with E-state index in [-0.39, 0.29) is 0 Å². The van der Waals surface area contributed by atoms with Crippen LogP contribution in [-0.4, -0.2) is 28.8 Å². The molecule has 1 saturated carbocycles. The molecule has 0 bridgehead atoms. The lowest BCUT2D eigenvalue weighted by Gasteiger charge is -2.25. The minimum Gasteiger partial charge on any atom is -0.480 e. The van der Waals surface area contributed by atoms with Gasteiger partial charge in [0, 0.05) is 16.1 Å². The summed E-state index contributed by atoms with van der Waals surface area (Å²) in [6.45, 7) is 5.29. The van der Waals surface area contributed by atoms with Crippen LogP contribution < -0.4 is 11.1 Å². The highest BCUT2D eigenvalue weighted by molar-refractivity contribution is 6.30. The summed E-state index contributed by atoms with van der Waals surface area (Å²) in [4.78, 5) is 23.3. The third-order valence-electron chi connectivity index (χ3n) is 3.80. The van der Waals surface area contributed by atoms with Crippen molar-refractivity contribution in [1.29, 1.82) is 0 Å². The molecule has 1 fully saturated rings. The summed E-state index contributed by atoms with van der Waals surface area (Å²) >= 11 is 6.05. The summed E-state index contributed by atoms with van der Waals surface area (Å²) in [5.41, 5.74) is 5.61. The first kappa shape index (κ1) is 17.6. The molecular weight excluding hydrogens is 320 g/mol. The van der Waals surface area contributed by atoms with Crippen LogP contribution in [0.3, 0.4) is 0 Å². The maximum absolute atomic E-state index is 12.0. The molecule has 1 aromatic carbocycles. The number of halogens is 1. The number of nitrogens with two attached hydrogens (primary N) is 1. The number of rotatable bonds is 4. The van der Waals surface area contributed by atoms with E-state index >= 15 is 0 Å². The quantitative estimate of drug-likeness (QED) is 0.781. The van der Waals surface area contributed by atoms with Crippen LogP contribution in [0.4, 0.5) is 10.5 Å². The zero-order valence-corrected chi connectivity index (χ0v) is 14.1. The van der Waals surface area contributed by atoms with Crippen LogP contribution in [0.1, 0.15) is 39.2 Å². The van der Waals surface area contributed by atoms with Crippen LogP contribution >= 0.6 is 11.6 Å². The third-order valence-corrected chi connectivity index (χ3v) is 4.04. The van der Waals surface area contributed by atoms with E-state index in [2.05, 4.69) is 5.32 Å². The van der Waals surface area contributed by atoms with Crippen molar-refractivity contribution in [2.45, 2.75) is 50.7 Å². The zero-order valence-electron chi connectivity index (χ0n) is 13.4. The van der Waals surface area contributed by atoms with Crippen molar-refractivity contribution in [3.8, 4) is 0 Å². The average Bonchev–Trinajstić information content (AvgIpc) is 3.19. The molecule has 7 heteroatoms. The lowest BCUT2D eigenvalue weighted by molar-refractivity contribution is -0.139. The molecule has 1 atom stereocenters. The molecule has 1 aliphatic rings. The molecule has 1 aromatic rings. The molecule has 0 radical (unpaired) electrons. The van der Waals surface area contributed by atoms with Crippen molar-refractivity contribution in [3.05, 3.63) is 28.8 Å². The fraction of sp³-hybridized carbons (Fsp3) is 0.500. The van der Waals surface area contributed by atoms with Crippen molar-refractivity contribution in [2.24, 2.45) is 5.73 Å². The number of nitrogens with one attached hydrogen (secondary N) is 1. The number of hydrogen-bond donors (Lipinski definition) is 3. The monoisotopic (exact) mass is 340 g/mol. The van der Waals surface area contributed by atoms with Gasteiger partial charge in [0.1, 0.15) is 11.6 Å². The minimum absolute atomic E-state index is 0.457. The van der Waals surface area contributed by atoms with Gasteiger partial charge in [-0.1, -0.05) is 11.6 Å². The number of hydrogen-bond acceptors (Lipinski definition) is 4. The Balaban J connectivity index is 2.32. The summed E-state index contributed by atoms with van der Waals surface area (Å²) in [6, 6.07) is 3.86. The van der Waals surface area contributed by atoms with Crippen LogP contribution in [0.25, 0.3) is 0 Å². The average molecular weight is 341 g/mol. The molecule has 4 N–H and O–H groups in total. The first-order valence-electron chi connectivity index (χ1n) is 7.33. The van der Waals surface area contributed by atoms with Crippen LogP contribution in [0, 0.1) is 0 Å². The Hall–Kier alpha value is -1.79. The van der Waals surface area contributed by atoms with Crippen LogP contribution in [0.15, 0.2) is 18.2 Å². The SMILES string of the molecule is CC(C)(C)OC(=O)Nc1ccc(Cl)cc1C1(C(N)C(=O)O)CC1. The lowest BCUT2D eigenvalue weighted by Crippen LogP contribution is -2.42. The lowest BCUT2D eigenvalue weighted by atomic mass is 9.87. The Morgan fingerprint density at radius 2 is 2.00 bits per heavy atom. The van der Waals surface area contributed by atoms with Gasteiger partial charge in [-0.25, -0.2) is 4.79 Å². The molecule has 6 nitrogen and oxygen atoms in total. The Morgan fingerprint density at radius 3 is 2.48 bits per heavy atom. The van der Waals surface area contributed by atoms with E-state index in [1.807, 2.05) is 0 Å². The first-order chi connectivity index (χ1) is 10.5. The molecule has 0 spiro atoms. The van der Waals surface area contributed by atoms with Gasteiger partial charge in [-0.2, -0.15) is 0 Å². The number of carbonyl (C=O) groups is 2. The van der Waals surface area contributed by atoms with Crippen LogP contribution in [0.2, 0.25) is 5.02 Å². The van der Waals surface area contributed by atoms with E-state index < -0.39 is 29.1 Å². The van der Waals surface area contributed by atoms with Crippen LogP contribution in [-0.2, 0) is 14.9 Å². The van der Waals surface area contributed by atoms with E-state index in [1.165, 1.54) is 0 Å². The number of carboxylic acids is 1. The summed E-state index contributed by atoms with van der Waals surface area (Å²) in [5.74, 6) is -1.08. The van der Waals surface area contributed by atoms with Crippen molar-refractivity contribution in [3.63, 3.8) is 0 Å². The smallest absolute Gasteiger partial charge is 0.412 e. The minimum atomic E-state index is -1.08. The topological polar surface area (TPSA) is 102 Å². The predicted octanol–water partition coefficient (Wildman–Crippen LogP) is 3.13. The fourth-order valence-electron chi connectivity index (χ4n) is 2.57. The highest BCUT2D eigenvalue weighted by Gasteiger charge is 2.53. The van der Waals surface area contributed by atoms with Crippen LogP contribution in [0.5, 0.6) is 0 Å². The Bertz CT molecular complexity index is 635. The number of carbonyl (C=O) groups excluding carboxylic acids is 1. The molecular formula is C16H21ClN2O4. The van der Waals surface area contributed by atoms with Crippen molar-refractivity contribution >= 4 is 29.4 Å². The van der Waals surface area contributed by atoms with Gasteiger partial charge in [0.05, 0.1) is 0 Å². The molecule has 0 heterocycles. The molecule has 126 valence electrons. The van der Waals surface area contributed by atoms with Crippen molar-refractivity contribution < 1.29 is 19.4 Å². The van der Waals surface area contributed by atoms with Crippen molar-refractivity contribution in [1.82, 2.24) is 0 Å². The largest absolute Gasteiger partial charge is 0.480 e. The van der Waals surface area contributed by atoms with E-state index in [1.54, 1.807) is 39.0 Å². The maximum Gasteiger partial charge on any atom is 0.412 e. The van der Waals surface area contributed by atoms with E-state index in [0.717, 1.165) is 0 Å². The van der Waals surface area contributed by atoms with Crippen molar-refractivity contribution in [2.75, 3.05) is 5.32 Å². The van der Waals surface area contributed by atoms with Gasteiger partial charge in [0.2, 0.25) is 0 Å². The molecule has 1 unspecified atom stereocenters. The maximum atomic E-state index is 12.0. The number of amides is 1. The Labute approximate surface area is 139 Å². The molecule has 2 rings (SSSR count). The normalized spacial score (nSPS) is 17.3. The zero-order chi connectivity index (χ0) is 17.4. The Kier molecular flexibility index (Phi) is 4.59. The second-order valence-corrected chi connectivity index (χ2v) is 7.23. The first-order valence-corrected chi connectivity index (χ1v) is 7.71. The molecule has 1 amide bonds. The van der Waals surface area contributed by atoms with Gasteiger partial charge in [-0.05, 0) is 57.4 Å². The summed E-state index contributed by atoms with van der Waals surface area (Å²) in [5, 5.41) is 12.4. The number of anilines is 1. The summed E-state index contributed by atoms with van der Waals surface area (Å²) in [6.07, 6.45) is 0.647. The number of ether oxygens (including phenoxy) is 1. The predicted molar refractivity (Wildman–Crippen MR) is 87.8 cm³/mol. The highest BCUT2D eigenvalue weighted by atomic mass is 35.5. The number of benzene rings is 1. The summed E-state index contributed by atoms with van der Waals surface area (Å²) in [7, 11) is 0. The molecule has 0 aliphatic heterocycles. The van der Waals surface area contributed by atoms with E-state index in [9.17, 15) is 14.7 Å². The second kappa shape index (κ2) is 6.02. The highest BCUT2D eigenvalue weighted by Crippen LogP contribution is 2.53. The Morgan fingerprint density at radius 1 is 1.39 bits per heavy atom. The molecule has 23 heavy (non-hydrogen) atoms. The van der Waals surface area contributed by atoms with Gasteiger partial charge in [-0.15, -0.1) is 0 Å². The van der Waals surface area contributed by atoms with Gasteiger partial charge in [-0.3, -0.25) is 10.1 Å². The number of carboxylic acid groups (broad SMARTS) is 1. The molecule has 0 saturated heterocycles. The summed E-state index contributed by atoms with van der Waals surface area (Å²) < 4.78 is 5.24. The van der Waals surface area contributed by atoms with Gasteiger partial charge < -0.3 is 15.6 Å². The fourth-order valence-corrected chi connectivity index (χ4v) is 2.74. The van der Waals surface area contributed by atoms with Gasteiger partial charge in [0.25, 0.3) is 0 Å². The molecule has 0 aromatic heterocycles. The van der Waals surface area contributed by atoms with E-state index in [0.29, 0.717) is 29.1 Å². The third kappa shape index (κ3) is 3.95. The van der Waals surface area contributed by atoms with Gasteiger partial charge in [0.15, 0.2) is 0 Å². The van der Waals surface area contributed by atoms with Gasteiger partial charge >= 0.3 is 12.1 Å². The number of aliphatic carboxylic acids is 1.